The van der Waals surface area contributed by atoms with Gasteiger partial charge in [-0.05, 0) is 112 Å². The highest BCUT2D eigenvalue weighted by Gasteiger charge is 2.21. The third-order valence-electron chi connectivity index (χ3n) is 11.7. The summed E-state index contributed by atoms with van der Waals surface area (Å²) in [6.07, 6.45) is 4.16. The van der Waals surface area contributed by atoms with E-state index in [1.165, 1.54) is 48.6 Å². The molecule has 24 heteroatoms. The van der Waals surface area contributed by atoms with Crippen molar-refractivity contribution in [3.8, 4) is 0 Å². The van der Waals surface area contributed by atoms with E-state index in [9.17, 15) is 36.2 Å². The van der Waals surface area contributed by atoms with Crippen LogP contribution in [-0.4, -0.2) is 155 Å². The molecule has 0 spiro atoms. The highest BCUT2D eigenvalue weighted by molar-refractivity contribution is 7.86. The minimum atomic E-state index is -4.90. The Hall–Kier alpha value is -6.90. The Bertz CT molecular complexity index is 2790. The monoisotopic (exact) mass is 1050 g/mol. The lowest BCUT2D eigenvalue weighted by Gasteiger charge is -2.23. The van der Waals surface area contributed by atoms with Crippen molar-refractivity contribution in [1.82, 2.24) is 39.7 Å². The zero-order valence-electron chi connectivity index (χ0n) is 42.0. The molecule has 22 nitrogen and oxygen atoms in total. The number of para-hydroxylation sites is 2. The molecule has 0 aliphatic carbocycles. The second-order valence-corrected chi connectivity index (χ2v) is 19.4. The minimum Gasteiger partial charge on any atom is -0.395 e. The first kappa shape index (κ1) is 56.4. The van der Waals surface area contributed by atoms with Crippen LogP contribution in [0.2, 0.25) is 0 Å². The van der Waals surface area contributed by atoms with Gasteiger partial charge in [-0.2, -0.15) is 46.7 Å². The maximum absolute atomic E-state index is 12.9. The van der Waals surface area contributed by atoms with Gasteiger partial charge in [0.2, 0.25) is 35.7 Å². The molecule has 0 amide bonds. The lowest BCUT2D eigenvalue weighted by Crippen LogP contribution is -2.26. The Morgan fingerprint density at radius 1 is 0.486 bits per heavy atom. The molecular weight excluding hydrogens is 989 g/mol. The fourth-order valence-corrected chi connectivity index (χ4v) is 9.24. The number of hydrogen-bond acceptors (Lipinski definition) is 20. The van der Waals surface area contributed by atoms with Crippen molar-refractivity contribution >= 4 is 90.8 Å². The average Bonchev–Trinajstić information content (AvgIpc) is 3.39. The van der Waals surface area contributed by atoms with Crippen molar-refractivity contribution in [3.63, 3.8) is 0 Å². The van der Waals surface area contributed by atoms with Gasteiger partial charge in [0.1, 0.15) is 9.79 Å². The highest BCUT2D eigenvalue weighted by Crippen LogP contribution is 2.30. The molecule has 0 unspecified atom stereocenters. The number of aliphatic hydroxyl groups is 2. The fraction of sp³-hybridized carbons (Fsp3) is 0.360. The molecular formula is C50H66N14O8S2. The Kier molecular flexibility index (Phi) is 20.9. The summed E-state index contributed by atoms with van der Waals surface area (Å²) in [7, 11) is -9.80. The SMILES string of the molecule is CCN(CC)CCCNc1nc(Nc2ccc(/C=C/c3ccc(Nc4nc(NCCCN(CC)CC)nc(N(CCO)c5ccccc5)n4)cc3S(=O)(=O)O)c(S(=O)(=O)O)c2)nc(N(CCO)c2ccccc2)n1. The molecule has 0 fully saturated rings. The Morgan fingerprint density at radius 3 is 1.19 bits per heavy atom. The Labute approximate surface area is 433 Å². The molecule has 0 saturated heterocycles. The van der Waals surface area contributed by atoms with Gasteiger partial charge in [0.05, 0.1) is 13.2 Å². The molecule has 0 atom stereocenters. The molecule has 4 aromatic carbocycles. The number of nitrogens with zero attached hydrogens (tertiary/aromatic N) is 10. The van der Waals surface area contributed by atoms with Gasteiger partial charge in [0, 0.05) is 48.9 Å². The van der Waals surface area contributed by atoms with Crippen LogP contribution in [0.4, 0.5) is 58.4 Å². The number of rotatable bonds is 30. The summed E-state index contributed by atoms with van der Waals surface area (Å²) in [5.41, 5.74) is 1.72. The maximum Gasteiger partial charge on any atom is 0.295 e. The molecule has 0 aliphatic heterocycles. The second-order valence-electron chi connectivity index (χ2n) is 16.6. The molecule has 0 bridgehead atoms. The number of hydrogen-bond donors (Lipinski definition) is 8. The van der Waals surface area contributed by atoms with E-state index >= 15 is 0 Å². The van der Waals surface area contributed by atoms with Crippen molar-refractivity contribution in [2.24, 2.45) is 0 Å². The van der Waals surface area contributed by atoms with E-state index in [2.05, 4.69) is 88.7 Å². The molecule has 396 valence electrons. The van der Waals surface area contributed by atoms with Crippen LogP contribution in [0.1, 0.15) is 51.7 Å². The summed E-state index contributed by atoms with van der Waals surface area (Å²) in [4.78, 5) is 34.6. The molecule has 2 aromatic heterocycles. The predicted octanol–water partition coefficient (Wildman–Crippen LogP) is 6.76. The van der Waals surface area contributed by atoms with Gasteiger partial charge < -0.3 is 51.1 Å². The summed E-state index contributed by atoms with van der Waals surface area (Å²) < 4.78 is 72.7. The normalized spacial score (nSPS) is 11.9. The number of aromatic nitrogens is 6. The van der Waals surface area contributed by atoms with Crippen molar-refractivity contribution < 1.29 is 36.2 Å². The molecule has 6 rings (SSSR count). The lowest BCUT2D eigenvalue weighted by atomic mass is 10.1. The quantitative estimate of drug-likeness (QED) is 0.0131. The maximum atomic E-state index is 12.9. The van der Waals surface area contributed by atoms with Gasteiger partial charge in [-0.15, -0.1) is 0 Å². The molecule has 0 aliphatic rings. The van der Waals surface area contributed by atoms with Gasteiger partial charge in [-0.25, -0.2) is 0 Å². The summed E-state index contributed by atoms with van der Waals surface area (Å²) in [6, 6.07) is 26.6. The van der Waals surface area contributed by atoms with E-state index < -0.39 is 30.0 Å². The van der Waals surface area contributed by atoms with Crippen molar-refractivity contribution in [1.29, 1.82) is 0 Å². The highest BCUT2D eigenvalue weighted by atomic mass is 32.2. The van der Waals surface area contributed by atoms with Crippen LogP contribution < -0.4 is 31.1 Å². The molecule has 2 heterocycles. The van der Waals surface area contributed by atoms with Crippen LogP contribution in [0.5, 0.6) is 0 Å². The van der Waals surface area contributed by atoms with Gasteiger partial charge >= 0.3 is 0 Å². The summed E-state index contributed by atoms with van der Waals surface area (Å²) in [5.74, 6) is 0.910. The number of aliphatic hydroxyl groups excluding tert-OH is 2. The molecule has 6 aromatic rings. The zero-order chi connectivity index (χ0) is 53.1. The van der Waals surface area contributed by atoms with E-state index in [1.807, 2.05) is 60.7 Å². The van der Waals surface area contributed by atoms with Gasteiger partial charge in [0.25, 0.3) is 20.2 Å². The third kappa shape index (κ3) is 16.3. The van der Waals surface area contributed by atoms with Crippen LogP contribution in [-0.2, 0) is 20.2 Å². The van der Waals surface area contributed by atoms with Crippen LogP contribution in [0.25, 0.3) is 12.2 Å². The number of benzene rings is 4. The smallest absolute Gasteiger partial charge is 0.295 e. The topological polar surface area (TPSA) is 288 Å². The zero-order valence-corrected chi connectivity index (χ0v) is 43.6. The van der Waals surface area contributed by atoms with Crippen molar-refractivity contribution in [2.75, 3.05) is 110 Å². The van der Waals surface area contributed by atoms with Gasteiger partial charge in [0.15, 0.2) is 0 Å². The molecule has 74 heavy (non-hydrogen) atoms. The molecule has 0 saturated carbocycles. The van der Waals surface area contributed by atoms with Crippen molar-refractivity contribution in [3.05, 3.63) is 108 Å². The van der Waals surface area contributed by atoms with Crippen LogP contribution >= 0.6 is 0 Å². The average molecular weight is 1060 g/mol. The standard InChI is InChI=1S/C50H66N14O8S2/c1-5-61(6-2)29-15-27-51-45-55-47(59-49(57-45)63(31-33-65)41-17-11-9-12-18-41)53-39-25-23-37(43(35-39)73(67,68)69)21-22-38-24-26-40(36-44(38)74(70,71)72)54-48-56-46(52-28-16-30-62(7-3)8-4)58-50(60-48)64(32-34-66)42-19-13-10-14-20-42/h9-14,17-26,35-36,65-66H,5-8,15-16,27-34H2,1-4H3,(H,67,68,69)(H,70,71,72)(H2,51,53,55,57,59)(H2,52,54,56,58,60)/b22-21+. The Morgan fingerprint density at radius 2 is 0.851 bits per heavy atom. The van der Waals surface area contributed by atoms with E-state index in [0.29, 0.717) is 24.5 Å². The molecule has 8 N–H and O–H groups in total. The fourth-order valence-electron chi connectivity index (χ4n) is 7.82. The second kappa shape index (κ2) is 27.4. The van der Waals surface area contributed by atoms with Gasteiger partial charge in [-0.1, -0.05) is 88.4 Å². The van der Waals surface area contributed by atoms with Crippen LogP contribution in [0, 0.1) is 0 Å². The summed E-state index contributed by atoms with van der Waals surface area (Å²) in [6.45, 7) is 14.7. The van der Waals surface area contributed by atoms with Gasteiger partial charge in [-0.3, -0.25) is 9.11 Å². The van der Waals surface area contributed by atoms with Crippen LogP contribution in [0.15, 0.2) is 107 Å². The van der Waals surface area contributed by atoms with Crippen LogP contribution in [0.3, 0.4) is 0 Å². The largest absolute Gasteiger partial charge is 0.395 e. The first-order valence-corrected chi connectivity index (χ1v) is 27.3. The van der Waals surface area contributed by atoms with E-state index in [1.54, 1.807) is 9.80 Å². The lowest BCUT2D eigenvalue weighted by molar-refractivity contribution is 0.303. The van der Waals surface area contributed by atoms with Crippen molar-refractivity contribution in [2.45, 2.75) is 50.3 Å². The minimum absolute atomic E-state index is 0.0210. The number of nitrogens with one attached hydrogen (secondary N) is 4. The molecule has 0 radical (unpaired) electrons. The summed E-state index contributed by atoms with van der Waals surface area (Å²) in [5, 5.41) is 32.6. The number of anilines is 10. The van der Waals surface area contributed by atoms with E-state index in [4.69, 9.17) is 0 Å². The van der Waals surface area contributed by atoms with E-state index in [0.717, 1.165) is 52.1 Å². The van der Waals surface area contributed by atoms with E-state index in [-0.39, 0.29) is 84.5 Å². The first-order valence-electron chi connectivity index (χ1n) is 24.4. The predicted molar refractivity (Wildman–Crippen MR) is 291 cm³/mol. The first-order chi connectivity index (χ1) is 35.6. The third-order valence-corrected chi connectivity index (χ3v) is 13.5. The Balaban J connectivity index is 1.29. The summed E-state index contributed by atoms with van der Waals surface area (Å²) >= 11 is 0.